The lowest BCUT2D eigenvalue weighted by molar-refractivity contribution is -0.138. The third kappa shape index (κ3) is 3.44. The summed E-state index contributed by atoms with van der Waals surface area (Å²) in [7, 11) is 1.43. The van der Waals surface area contributed by atoms with Gasteiger partial charge in [0.1, 0.15) is 5.56 Å². The zero-order valence-electron chi connectivity index (χ0n) is 11.8. The number of nitrogens with one attached hydrogen (secondary N) is 1. The molecular formula is C14H13F4N3O. The molecule has 0 aliphatic heterocycles. The number of carbonyl (C=O) groups is 1. The first-order valence-electron chi connectivity index (χ1n) is 6.32. The van der Waals surface area contributed by atoms with Gasteiger partial charge in [-0.25, -0.2) is 0 Å². The molecule has 8 heteroatoms. The zero-order chi connectivity index (χ0) is 16.5. The predicted molar refractivity (Wildman–Crippen MR) is 70.5 cm³/mol. The van der Waals surface area contributed by atoms with Gasteiger partial charge in [-0.05, 0) is 18.6 Å². The Hall–Kier alpha value is -2.38. The topological polar surface area (TPSA) is 46.9 Å². The number of rotatable bonds is 3. The van der Waals surface area contributed by atoms with Gasteiger partial charge in [-0.2, -0.15) is 17.6 Å². The Morgan fingerprint density at radius 3 is 2.59 bits per heavy atom. The number of aromatic nitrogens is 2. The van der Waals surface area contributed by atoms with Crippen LogP contribution < -0.4 is 5.32 Å². The van der Waals surface area contributed by atoms with Crippen LogP contribution in [0.3, 0.4) is 0 Å². The van der Waals surface area contributed by atoms with Crippen molar-refractivity contribution in [2.75, 3.05) is 0 Å². The Morgan fingerprint density at radius 1 is 1.36 bits per heavy atom. The quantitative estimate of drug-likeness (QED) is 0.885. The van der Waals surface area contributed by atoms with E-state index in [1.807, 2.05) is 0 Å². The summed E-state index contributed by atoms with van der Waals surface area (Å²) in [5.74, 6) is -1.79. The minimum Gasteiger partial charge on any atom is -0.348 e. The second-order valence-corrected chi connectivity index (χ2v) is 4.85. The number of benzene rings is 1. The van der Waals surface area contributed by atoms with Crippen molar-refractivity contribution in [2.45, 2.75) is 19.6 Å². The number of amides is 1. The van der Waals surface area contributed by atoms with E-state index >= 15 is 0 Å². The average molecular weight is 315 g/mol. The molecule has 0 fully saturated rings. The molecule has 2 rings (SSSR count). The number of carbonyl (C=O) groups excluding carboxylic acids is 1. The molecule has 1 amide bonds. The number of alkyl halides is 3. The molecule has 0 aliphatic rings. The molecule has 1 N–H and O–H groups in total. The highest BCUT2D eigenvalue weighted by Gasteiger charge is 2.33. The highest BCUT2D eigenvalue weighted by Crippen LogP contribution is 2.32. The first-order valence-corrected chi connectivity index (χ1v) is 6.32. The van der Waals surface area contributed by atoms with Crippen molar-refractivity contribution in [3.8, 4) is 0 Å². The summed E-state index contributed by atoms with van der Waals surface area (Å²) in [6, 6.07) is 3.64. The van der Waals surface area contributed by atoms with Gasteiger partial charge in [0.15, 0.2) is 0 Å². The maximum absolute atomic E-state index is 13.3. The fourth-order valence-corrected chi connectivity index (χ4v) is 2.03. The molecule has 1 aromatic heterocycles. The Kier molecular flexibility index (Phi) is 4.20. The van der Waals surface area contributed by atoms with E-state index in [1.54, 1.807) is 6.92 Å². The van der Waals surface area contributed by atoms with E-state index in [0.717, 1.165) is 16.9 Å². The summed E-state index contributed by atoms with van der Waals surface area (Å²) in [5, 5.41) is 5.64. The minimum absolute atomic E-state index is 0.0786. The predicted octanol–water partition coefficient (Wildman–Crippen LogP) is 2.82. The summed E-state index contributed by atoms with van der Waals surface area (Å²) in [5.41, 5.74) is -0.594. The summed E-state index contributed by atoms with van der Waals surface area (Å²) in [4.78, 5) is 11.8. The van der Waals surface area contributed by atoms with Crippen molar-refractivity contribution >= 4 is 5.91 Å². The van der Waals surface area contributed by atoms with E-state index in [9.17, 15) is 22.4 Å². The first kappa shape index (κ1) is 16.0. The van der Waals surface area contributed by atoms with E-state index in [2.05, 4.69) is 10.4 Å². The highest BCUT2D eigenvalue weighted by molar-refractivity contribution is 5.93. The van der Waals surface area contributed by atoms with Gasteiger partial charge in [-0.3, -0.25) is 9.48 Å². The molecule has 0 saturated carbocycles. The molecule has 1 aromatic carbocycles. The van der Waals surface area contributed by atoms with E-state index in [-0.39, 0.29) is 17.7 Å². The third-order valence-corrected chi connectivity index (χ3v) is 3.03. The van der Waals surface area contributed by atoms with Crippen LogP contribution in [0.1, 0.15) is 27.0 Å². The number of aryl methyl sites for hydroxylation is 2. The molecule has 0 atom stereocenters. The van der Waals surface area contributed by atoms with Gasteiger partial charge in [0, 0.05) is 19.8 Å². The van der Waals surface area contributed by atoms with Crippen molar-refractivity contribution in [1.82, 2.24) is 15.1 Å². The maximum atomic E-state index is 13.3. The lowest BCUT2D eigenvalue weighted by Crippen LogP contribution is -2.25. The summed E-state index contributed by atoms with van der Waals surface area (Å²) < 4.78 is 53.2. The van der Waals surface area contributed by atoms with Crippen LogP contribution in [0.4, 0.5) is 17.6 Å². The number of nitrogens with zero attached hydrogens (tertiary/aromatic N) is 2. The second kappa shape index (κ2) is 5.78. The number of hydrogen-bond acceptors (Lipinski definition) is 2. The van der Waals surface area contributed by atoms with Crippen molar-refractivity contribution in [3.05, 3.63) is 52.6 Å². The Morgan fingerprint density at radius 2 is 2.05 bits per heavy atom. The fourth-order valence-electron chi connectivity index (χ4n) is 2.03. The normalized spacial score (nSPS) is 11.5. The van der Waals surface area contributed by atoms with E-state index in [4.69, 9.17) is 0 Å². The van der Waals surface area contributed by atoms with Gasteiger partial charge in [-0.1, -0.05) is 17.7 Å². The van der Waals surface area contributed by atoms with Crippen molar-refractivity contribution in [2.24, 2.45) is 7.05 Å². The van der Waals surface area contributed by atoms with E-state index in [1.165, 1.54) is 19.2 Å². The largest absolute Gasteiger partial charge is 0.416 e. The summed E-state index contributed by atoms with van der Waals surface area (Å²) in [6.45, 7) is 1.29. The SMILES string of the molecule is Cc1ccc(C(F)(F)F)c(CNC(=O)c2cn(C)nc2F)c1. The number of halogens is 4. The van der Waals surface area contributed by atoms with Crippen LogP contribution in [-0.4, -0.2) is 15.7 Å². The van der Waals surface area contributed by atoms with Gasteiger partial charge in [0.25, 0.3) is 5.91 Å². The van der Waals surface area contributed by atoms with Crippen LogP contribution in [0.5, 0.6) is 0 Å². The Labute approximate surface area is 123 Å². The van der Waals surface area contributed by atoms with E-state index in [0.29, 0.717) is 5.56 Å². The van der Waals surface area contributed by atoms with Crippen LogP contribution >= 0.6 is 0 Å². The molecule has 1 heterocycles. The van der Waals surface area contributed by atoms with Gasteiger partial charge < -0.3 is 5.32 Å². The number of hydrogen-bond donors (Lipinski definition) is 1. The van der Waals surface area contributed by atoms with Crippen LogP contribution in [0, 0.1) is 12.9 Å². The molecule has 0 radical (unpaired) electrons. The van der Waals surface area contributed by atoms with Gasteiger partial charge in [0.2, 0.25) is 5.95 Å². The lowest BCUT2D eigenvalue weighted by atomic mass is 10.0. The lowest BCUT2D eigenvalue weighted by Gasteiger charge is -2.14. The zero-order valence-corrected chi connectivity index (χ0v) is 11.8. The Bertz CT molecular complexity index is 707. The smallest absolute Gasteiger partial charge is 0.348 e. The molecule has 4 nitrogen and oxygen atoms in total. The van der Waals surface area contributed by atoms with Crippen LogP contribution in [-0.2, 0) is 19.8 Å². The molecule has 0 saturated heterocycles. The van der Waals surface area contributed by atoms with Gasteiger partial charge >= 0.3 is 6.18 Å². The molecule has 0 unspecified atom stereocenters. The van der Waals surface area contributed by atoms with Crippen molar-refractivity contribution < 1.29 is 22.4 Å². The molecule has 2 aromatic rings. The first-order chi connectivity index (χ1) is 10.2. The highest BCUT2D eigenvalue weighted by atomic mass is 19.4. The fraction of sp³-hybridized carbons (Fsp3) is 0.286. The Balaban J connectivity index is 2.20. The molecule has 118 valence electrons. The molecular weight excluding hydrogens is 302 g/mol. The molecule has 0 aliphatic carbocycles. The van der Waals surface area contributed by atoms with Crippen LogP contribution in [0.15, 0.2) is 24.4 Å². The second-order valence-electron chi connectivity index (χ2n) is 4.85. The molecule has 22 heavy (non-hydrogen) atoms. The minimum atomic E-state index is -4.52. The maximum Gasteiger partial charge on any atom is 0.416 e. The van der Waals surface area contributed by atoms with Gasteiger partial charge in [-0.15, -0.1) is 5.10 Å². The van der Waals surface area contributed by atoms with Crippen molar-refractivity contribution in [3.63, 3.8) is 0 Å². The van der Waals surface area contributed by atoms with Gasteiger partial charge in [0.05, 0.1) is 5.56 Å². The average Bonchev–Trinajstić information content (AvgIpc) is 2.73. The van der Waals surface area contributed by atoms with Crippen LogP contribution in [0.2, 0.25) is 0 Å². The van der Waals surface area contributed by atoms with E-state index < -0.39 is 23.6 Å². The molecule has 0 bridgehead atoms. The summed E-state index contributed by atoms with van der Waals surface area (Å²) >= 11 is 0. The third-order valence-electron chi connectivity index (χ3n) is 3.03. The molecule has 0 spiro atoms. The standard InChI is InChI=1S/C14H13F4N3O/c1-8-3-4-11(14(16,17)18)9(5-8)6-19-13(22)10-7-21(2)20-12(10)15/h3-5,7H,6H2,1-2H3,(H,19,22). The van der Waals surface area contributed by atoms with Crippen LogP contribution in [0.25, 0.3) is 0 Å². The van der Waals surface area contributed by atoms with Crippen molar-refractivity contribution in [1.29, 1.82) is 0 Å². The summed E-state index contributed by atoms with van der Waals surface area (Å²) in [6.07, 6.45) is -3.36. The monoisotopic (exact) mass is 315 g/mol.